The van der Waals surface area contributed by atoms with Crippen molar-refractivity contribution in [3.63, 3.8) is 0 Å². The largest absolute Gasteiger partial charge is 0.469 e. The number of ether oxygens (including phenoxy) is 3. The molecule has 114 valence electrons. The Hall–Kier alpha value is -1.37. The Morgan fingerprint density at radius 3 is 1.85 bits per heavy atom. The highest BCUT2D eigenvalue weighted by molar-refractivity contribution is 9.09. The summed E-state index contributed by atoms with van der Waals surface area (Å²) in [6, 6.07) is 0. The molecule has 7 heteroatoms. The summed E-state index contributed by atoms with van der Waals surface area (Å²) < 4.78 is 13.8. The van der Waals surface area contributed by atoms with Crippen molar-refractivity contribution in [1.82, 2.24) is 0 Å². The number of rotatable bonds is 8. The fourth-order valence-electron chi connectivity index (χ4n) is 1.54. The van der Waals surface area contributed by atoms with Gasteiger partial charge in [-0.3, -0.25) is 4.79 Å². The maximum atomic E-state index is 11.8. The van der Waals surface area contributed by atoms with Crippen LogP contribution in [0.1, 0.15) is 25.7 Å². The van der Waals surface area contributed by atoms with E-state index in [0.29, 0.717) is 12.8 Å². The lowest BCUT2D eigenvalue weighted by Crippen LogP contribution is -2.18. The van der Waals surface area contributed by atoms with E-state index in [4.69, 9.17) is 0 Å². The number of carbonyl (C=O) groups is 3. The summed E-state index contributed by atoms with van der Waals surface area (Å²) >= 11 is 3.29. The van der Waals surface area contributed by atoms with E-state index in [9.17, 15) is 14.4 Å². The summed E-state index contributed by atoms with van der Waals surface area (Å²) in [6.45, 7) is 0. The van der Waals surface area contributed by atoms with Gasteiger partial charge in [0.2, 0.25) is 0 Å². The summed E-state index contributed by atoms with van der Waals surface area (Å²) in [7, 11) is 3.62. The van der Waals surface area contributed by atoms with Crippen LogP contribution in [0.4, 0.5) is 0 Å². The van der Waals surface area contributed by atoms with Gasteiger partial charge in [0.1, 0.15) is 0 Å². The predicted octanol–water partition coefficient (Wildman–Crippen LogP) is 1.76. The quantitative estimate of drug-likeness (QED) is 0.218. The van der Waals surface area contributed by atoms with E-state index >= 15 is 0 Å². The Bertz CT molecular complexity index is 388. The average Bonchev–Trinajstić information content (AvgIpc) is 2.47. The monoisotopic (exact) mass is 350 g/mol. The Balaban J connectivity index is 5.40. The summed E-state index contributed by atoms with van der Waals surface area (Å²) in [5, 5.41) is 0.784. The van der Waals surface area contributed by atoms with E-state index in [2.05, 4.69) is 30.1 Å². The van der Waals surface area contributed by atoms with E-state index in [1.807, 2.05) is 0 Å². The molecule has 0 aliphatic carbocycles. The van der Waals surface area contributed by atoms with Gasteiger partial charge < -0.3 is 14.2 Å². The number of esters is 3. The van der Waals surface area contributed by atoms with E-state index in [1.54, 1.807) is 0 Å². The average molecular weight is 351 g/mol. The number of halogens is 1. The molecule has 0 aliphatic rings. The standard InChI is InChI=1S/C13H19BrO6/c1-18-11(15)8-10(13(17)20-3)9(12(16)19-2)6-4-5-7-14/h4-8H2,1-3H3. The van der Waals surface area contributed by atoms with Crippen LogP contribution in [0.15, 0.2) is 11.1 Å². The molecule has 20 heavy (non-hydrogen) atoms. The molecule has 0 saturated carbocycles. The zero-order chi connectivity index (χ0) is 15.5. The van der Waals surface area contributed by atoms with E-state index in [-0.39, 0.29) is 17.6 Å². The van der Waals surface area contributed by atoms with E-state index in [0.717, 1.165) is 11.8 Å². The molecular formula is C13H19BrO6. The van der Waals surface area contributed by atoms with Crippen LogP contribution in [0.2, 0.25) is 0 Å². The zero-order valence-corrected chi connectivity index (χ0v) is 13.4. The van der Waals surface area contributed by atoms with E-state index < -0.39 is 17.9 Å². The number of hydrogen-bond acceptors (Lipinski definition) is 6. The second-order valence-electron chi connectivity index (χ2n) is 3.84. The minimum atomic E-state index is -0.727. The van der Waals surface area contributed by atoms with Crippen molar-refractivity contribution in [2.24, 2.45) is 0 Å². The number of hydrogen-bond donors (Lipinski definition) is 0. The molecule has 0 fully saturated rings. The lowest BCUT2D eigenvalue weighted by molar-refractivity contribution is -0.143. The van der Waals surface area contributed by atoms with Gasteiger partial charge >= 0.3 is 17.9 Å². The smallest absolute Gasteiger partial charge is 0.334 e. The topological polar surface area (TPSA) is 78.9 Å². The summed E-state index contributed by atoms with van der Waals surface area (Å²) in [5.41, 5.74) is 0.145. The van der Waals surface area contributed by atoms with Crippen LogP contribution < -0.4 is 0 Å². The third kappa shape index (κ3) is 6.18. The molecule has 0 bridgehead atoms. The molecule has 0 atom stereocenters. The predicted molar refractivity (Wildman–Crippen MR) is 75.3 cm³/mol. The fourth-order valence-corrected chi connectivity index (χ4v) is 1.93. The van der Waals surface area contributed by atoms with Crippen LogP contribution in [-0.2, 0) is 28.6 Å². The van der Waals surface area contributed by atoms with Gasteiger partial charge in [-0.25, -0.2) is 9.59 Å². The molecule has 0 N–H and O–H groups in total. The highest BCUT2D eigenvalue weighted by Crippen LogP contribution is 2.19. The molecule has 0 radical (unpaired) electrons. The van der Waals surface area contributed by atoms with Gasteiger partial charge in [0.25, 0.3) is 0 Å². The molecule has 0 heterocycles. The molecule has 0 aliphatic heterocycles. The van der Waals surface area contributed by atoms with Gasteiger partial charge in [-0.1, -0.05) is 15.9 Å². The Kier molecular flexibility index (Phi) is 9.71. The van der Waals surface area contributed by atoms with Crippen molar-refractivity contribution in [2.75, 3.05) is 26.7 Å². The maximum Gasteiger partial charge on any atom is 0.334 e. The maximum absolute atomic E-state index is 11.8. The Morgan fingerprint density at radius 2 is 1.40 bits per heavy atom. The van der Waals surface area contributed by atoms with Crippen molar-refractivity contribution in [3.05, 3.63) is 11.1 Å². The lowest BCUT2D eigenvalue weighted by atomic mass is 10.00. The van der Waals surface area contributed by atoms with Crippen LogP contribution in [-0.4, -0.2) is 44.6 Å². The van der Waals surface area contributed by atoms with Gasteiger partial charge in [0.15, 0.2) is 0 Å². The minimum absolute atomic E-state index is 0.0132. The first-order valence-electron chi connectivity index (χ1n) is 6.03. The van der Waals surface area contributed by atoms with Crippen molar-refractivity contribution in [1.29, 1.82) is 0 Å². The van der Waals surface area contributed by atoms with Crippen LogP contribution in [0, 0.1) is 0 Å². The fraction of sp³-hybridized carbons (Fsp3) is 0.615. The van der Waals surface area contributed by atoms with Crippen LogP contribution in [0.25, 0.3) is 0 Å². The molecule has 0 aromatic rings. The second kappa shape index (κ2) is 10.4. The summed E-state index contributed by atoms with van der Waals surface area (Å²) in [4.78, 5) is 34.9. The Labute approximate surface area is 126 Å². The van der Waals surface area contributed by atoms with Crippen LogP contribution in [0.3, 0.4) is 0 Å². The lowest BCUT2D eigenvalue weighted by Gasteiger charge is -2.11. The normalized spacial score (nSPS) is 11.4. The molecule has 0 rings (SSSR count). The van der Waals surface area contributed by atoms with Gasteiger partial charge in [0.05, 0.1) is 33.3 Å². The van der Waals surface area contributed by atoms with Crippen LogP contribution in [0.5, 0.6) is 0 Å². The summed E-state index contributed by atoms with van der Waals surface area (Å²) in [5.74, 6) is -1.98. The molecule has 0 saturated heterocycles. The highest BCUT2D eigenvalue weighted by atomic mass is 79.9. The van der Waals surface area contributed by atoms with Crippen molar-refractivity contribution < 1.29 is 28.6 Å². The van der Waals surface area contributed by atoms with Gasteiger partial charge in [-0.15, -0.1) is 0 Å². The van der Waals surface area contributed by atoms with Gasteiger partial charge in [0, 0.05) is 10.9 Å². The van der Waals surface area contributed by atoms with Gasteiger partial charge in [-0.05, 0) is 19.3 Å². The molecule has 0 spiro atoms. The van der Waals surface area contributed by atoms with Gasteiger partial charge in [-0.2, -0.15) is 0 Å². The Morgan fingerprint density at radius 1 is 0.850 bits per heavy atom. The zero-order valence-electron chi connectivity index (χ0n) is 11.9. The number of alkyl halides is 1. The van der Waals surface area contributed by atoms with Crippen LogP contribution >= 0.6 is 15.9 Å². The molecular weight excluding hydrogens is 332 g/mol. The third-order valence-electron chi connectivity index (χ3n) is 2.59. The van der Waals surface area contributed by atoms with Crippen molar-refractivity contribution in [3.8, 4) is 0 Å². The molecule has 0 aromatic heterocycles. The number of methoxy groups -OCH3 is 3. The highest BCUT2D eigenvalue weighted by Gasteiger charge is 2.24. The van der Waals surface area contributed by atoms with Crippen molar-refractivity contribution >= 4 is 33.8 Å². The third-order valence-corrected chi connectivity index (χ3v) is 3.15. The van der Waals surface area contributed by atoms with E-state index in [1.165, 1.54) is 21.3 Å². The first-order valence-corrected chi connectivity index (χ1v) is 7.15. The molecule has 0 amide bonds. The summed E-state index contributed by atoms with van der Waals surface area (Å²) in [6.07, 6.45) is 1.52. The first-order chi connectivity index (χ1) is 9.51. The number of unbranched alkanes of at least 4 members (excludes halogenated alkanes) is 1. The number of carbonyl (C=O) groups excluding carboxylic acids is 3. The molecule has 0 unspecified atom stereocenters. The molecule has 0 aromatic carbocycles. The second-order valence-corrected chi connectivity index (χ2v) is 4.63. The van der Waals surface area contributed by atoms with Crippen molar-refractivity contribution in [2.45, 2.75) is 25.7 Å². The minimum Gasteiger partial charge on any atom is -0.469 e. The first kappa shape index (κ1) is 18.6. The SMILES string of the molecule is COC(=O)CC(C(=O)OC)=C(CCCCBr)C(=O)OC. The molecule has 6 nitrogen and oxygen atoms in total.